The van der Waals surface area contributed by atoms with Crippen LogP contribution in [0.3, 0.4) is 0 Å². The first-order valence-electron chi connectivity index (χ1n) is 8.10. The molecule has 0 fully saturated rings. The number of esters is 1. The summed E-state index contributed by atoms with van der Waals surface area (Å²) in [7, 11) is 0. The second-order valence-corrected chi connectivity index (χ2v) is 6.74. The molecule has 2 heterocycles. The van der Waals surface area contributed by atoms with E-state index in [0.717, 1.165) is 5.56 Å². The molecular formula is C19H17FN2O4S. The van der Waals surface area contributed by atoms with Crippen molar-refractivity contribution in [1.29, 1.82) is 0 Å². The molecule has 140 valence electrons. The molecule has 0 aliphatic heterocycles. The maximum absolute atomic E-state index is 13.0. The number of benzene rings is 1. The predicted molar refractivity (Wildman–Crippen MR) is 99.3 cm³/mol. The average molecular weight is 388 g/mol. The number of ether oxygens (including phenoxy) is 1. The van der Waals surface area contributed by atoms with Crippen LogP contribution < -0.4 is 5.32 Å². The third-order valence-corrected chi connectivity index (χ3v) is 4.75. The maximum atomic E-state index is 13.0. The smallest absolute Gasteiger partial charge is 0.342 e. The number of furan rings is 1. The van der Waals surface area contributed by atoms with E-state index in [1.165, 1.54) is 23.5 Å². The van der Waals surface area contributed by atoms with Gasteiger partial charge in [-0.2, -0.15) is 0 Å². The number of carbonyl (C=O) groups is 2. The molecule has 0 aliphatic carbocycles. The summed E-state index contributed by atoms with van der Waals surface area (Å²) in [4.78, 5) is 28.5. The van der Waals surface area contributed by atoms with Gasteiger partial charge in [0.15, 0.2) is 11.7 Å². The van der Waals surface area contributed by atoms with Gasteiger partial charge in [0.2, 0.25) is 0 Å². The van der Waals surface area contributed by atoms with Gasteiger partial charge in [0.1, 0.15) is 22.9 Å². The molecule has 0 bridgehead atoms. The van der Waals surface area contributed by atoms with E-state index >= 15 is 0 Å². The second kappa shape index (κ2) is 7.71. The van der Waals surface area contributed by atoms with E-state index in [1.807, 2.05) is 0 Å². The Hall–Kier alpha value is -3.00. The van der Waals surface area contributed by atoms with Crippen LogP contribution in [0, 0.1) is 26.6 Å². The van der Waals surface area contributed by atoms with Gasteiger partial charge in [0.25, 0.3) is 5.91 Å². The van der Waals surface area contributed by atoms with Crippen molar-refractivity contribution in [1.82, 2.24) is 4.98 Å². The molecule has 0 unspecified atom stereocenters. The summed E-state index contributed by atoms with van der Waals surface area (Å²) in [6.07, 6.45) is 0. The van der Waals surface area contributed by atoms with Crippen molar-refractivity contribution in [3.8, 4) is 11.3 Å². The lowest BCUT2D eigenvalue weighted by atomic mass is 10.1. The highest BCUT2D eigenvalue weighted by molar-refractivity contribution is 7.14. The van der Waals surface area contributed by atoms with E-state index in [9.17, 15) is 14.0 Å². The molecule has 0 saturated heterocycles. The quantitative estimate of drug-likeness (QED) is 0.661. The van der Waals surface area contributed by atoms with Crippen molar-refractivity contribution in [2.75, 3.05) is 11.9 Å². The number of hydrogen-bond donors (Lipinski definition) is 1. The van der Waals surface area contributed by atoms with E-state index in [2.05, 4.69) is 10.3 Å². The van der Waals surface area contributed by atoms with Gasteiger partial charge in [-0.15, -0.1) is 11.3 Å². The first-order valence-corrected chi connectivity index (χ1v) is 8.98. The Balaban J connectivity index is 1.58. The number of hydrogen-bond acceptors (Lipinski definition) is 6. The molecule has 0 radical (unpaired) electrons. The molecule has 8 heteroatoms. The molecule has 0 atom stereocenters. The molecule has 3 rings (SSSR count). The highest BCUT2D eigenvalue weighted by atomic mass is 32.1. The van der Waals surface area contributed by atoms with E-state index in [-0.39, 0.29) is 5.82 Å². The fraction of sp³-hybridized carbons (Fsp3) is 0.211. The van der Waals surface area contributed by atoms with Crippen molar-refractivity contribution in [3.63, 3.8) is 0 Å². The molecule has 3 aromatic rings. The first kappa shape index (κ1) is 18.8. The fourth-order valence-corrected chi connectivity index (χ4v) is 3.27. The van der Waals surface area contributed by atoms with Crippen LogP contribution in [0.2, 0.25) is 0 Å². The zero-order valence-electron chi connectivity index (χ0n) is 15.0. The van der Waals surface area contributed by atoms with Gasteiger partial charge in [-0.25, -0.2) is 14.2 Å². The van der Waals surface area contributed by atoms with Gasteiger partial charge in [-0.1, -0.05) is 0 Å². The van der Waals surface area contributed by atoms with Gasteiger partial charge in [0, 0.05) is 16.5 Å². The summed E-state index contributed by atoms with van der Waals surface area (Å²) in [6, 6.07) is 5.90. The number of thiazole rings is 1. The number of amides is 1. The highest BCUT2D eigenvalue weighted by Gasteiger charge is 2.21. The molecule has 6 nitrogen and oxygen atoms in total. The maximum Gasteiger partial charge on any atom is 0.342 e. The molecule has 1 aromatic carbocycles. The van der Waals surface area contributed by atoms with Crippen molar-refractivity contribution >= 4 is 28.3 Å². The summed E-state index contributed by atoms with van der Waals surface area (Å²) in [5, 5.41) is 4.69. The van der Waals surface area contributed by atoms with Crippen LogP contribution in [0.15, 0.2) is 34.1 Å². The van der Waals surface area contributed by atoms with Gasteiger partial charge < -0.3 is 9.15 Å². The highest BCUT2D eigenvalue weighted by Crippen LogP contribution is 2.25. The van der Waals surface area contributed by atoms with E-state index in [1.54, 1.807) is 38.3 Å². The summed E-state index contributed by atoms with van der Waals surface area (Å²) >= 11 is 1.22. The van der Waals surface area contributed by atoms with Gasteiger partial charge in [-0.05, 0) is 45.0 Å². The molecule has 0 spiro atoms. The number of anilines is 1. The fourth-order valence-electron chi connectivity index (χ4n) is 2.54. The minimum atomic E-state index is -0.608. The average Bonchev–Trinajstić information content (AvgIpc) is 3.18. The molecule has 27 heavy (non-hydrogen) atoms. The molecule has 1 amide bonds. The Morgan fingerprint density at radius 3 is 2.52 bits per heavy atom. The number of aryl methyl sites for hydroxylation is 2. The van der Waals surface area contributed by atoms with Crippen LogP contribution >= 0.6 is 11.3 Å². The third kappa shape index (κ3) is 4.22. The zero-order chi connectivity index (χ0) is 19.6. The molecule has 0 saturated carbocycles. The van der Waals surface area contributed by atoms with Crippen molar-refractivity contribution in [3.05, 3.63) is 58.1 Å². The Morgan fingerprint density at radius 1 is 1.19 bits per heavy atom. The van der Waals surface area contributed by atoms with Gasteiger partial charge in [-0.3, -0.25) is 10.1 Å². The van der Waals surface area contributed by atoms with Crippen LogP contribution in [0.4, 0.5) is 9.52 Å². The van der Waals surface area contributed by atoms with E-state index in [0.29, 0.717) is 33.5 Å². The summed E-state index contributed by atoms with van der Waals surface area (Å²) < 4.78 is 23.4. The third-order valence-electron chi connectivity index (χ3n) is 3.99. The van der Waals surface area contributed by atoms with E-state index in [4.69, 9.17) is 9.15 Å². The number of halogens is 1. The predicted octanol–water partition coefficient (Wildman–Crippen LogP) is 4.26. The molecule has 0 aliphatic rings. The van der Waals surface area contributed by atoms with Crippen LogP contribution in [0.25, 0.3) is 11.3 Å². The van der Waals surface area contributed by atoms with Crippen molar-refractivity contribution < 1.29 is 23.1 Å². The monoisotopic (exact) mass is 388 g/mol. The minimum absolute atomic E-state index is 0.331. The minimum Gasteiger partial charge on any atom is -0.465 e. The Labute approximate surface area is 159 Å². The Morgan fingerprint density at radius 2 is 1.89 bits per heavy atom. The normalized spacial score (nSPS) is 10.7. The summed E-state index contributed by atoms with van der Waals surface area (Å²) in [5.41, 5.74) is 2.39. The molecular weight excluding hydrogens is 371 g/mol. The van der Waals surface area contributed by atoms with Crippen LogP contribution in [-0.4, -0.2) is 23.5 Å². The lowest BCUT2D eigenvalue weighted by Gasteiger charge is -2.05. The number of nitrogens with one attached hydrogen (secondary N) is 1. The van der Waals surface area contributed by atoms with Gasteiger partial charge >= 0.3 is 5.97 Å². The first-order chi connectivity index (χ1) is 12.8. The number of nitrogens with zero attached hydrogens (tertiary/aromatic N) is 1. The summed E-state index contributed by atoms with van der Waals surface area (Å²) in [5.74, 6) is -0.344. The summed E-state index contributed by atoms with van der Waals surface area (Å²) in [6.45, 7) is 4.75. The number of rotatable bonds is 5. The Bertz CT molecular complexity index is 992. The molecule has 1 N–H and O–H groups in total. The Kier molecular flexibility index (Phi) is 5.36. The SMILES string of the molecule is Cc1oc(C)c(C(=O)OCC(=O)Nc2nc(-c3ccc(F)cc3)cs2)c1C. The van der Waals surface area contributed by atoms with Crippen LogP contribution in [-0.2, 0) is 9.53 Å². The van der Waals surface area contributed by atoms with Gasteiger partial charge in [0.05, 0.1) is 5.69 Å². The standard InChI is InChI=1S/C19H17FN2O4S/c1-10-11(2)26-12(3)17(10)18(24)25-8-16(23)22-19-21-15(9-27-19)13-4-6-14(20)7-5-13/h4-7,9H,8H2,1-3H3,(H,21,22,23). The lowest BCUT2D eigenvalue weighted by Crippen LogP contribution is -2.21. The number of aromatic nitrogens is 1. The van der Waals surface area contributed by atoms with Crippen LogP contribution in [0.5, 0.6) is 0 Å². The second-order valence-electron chi connectivity index (χ2n) is 5.88. The van der Waals surface area contributed by atoms with E-state index < -0.39 is 18.5 Å². The lowest BCUT2D eigenvalue weighted by molar-refractivity contribution is -0.119. The van der Waals surface area contributed by atoms with Crippen molar-refractivity contribution in [2.45, 2.75) is 20.8 Å². The largest absolute Gasteiger partial charge is 0.465 e. The topological polar surface area (TPSA) is 81.4 Å². The number of carbonyl (C=O) groups excluding carboxylic acids is 2. The molecule has 2 aromatic heterocycles. The zero-order valence-corrected chi connectivity index (χ0v) is 15.8. The van der Waals surface area contributed by atoms with Crippen molar-refractivity contribution in [2.24, 2.45) is 0 Å². The van der Waals surface area contributed by atoms with Crippen LogP contribution in [0.1, 0.15) is 27.4 Å².